The molecule has 0 aliphatic heterocycles. The van der Waals surface area contributed by atoms with Crippen molar-refractivity contribution in [1.29, 1.82) is 0 Å². The number of hydrogen-bond acceptors (Lipinski definition) is 4. The van der Waals surface area contributed by atoms with Gasteiger partial charge in [0.25, 0.3) is 0 Å². The first-order chi connectivity index (χ1) is 4.06. The van der Waals surface area contributed by atoms with Crippen molar-refractivity contribution in [3.63, 3.8) is 0 Å². The molecule has 0 aromatic rings. The van der Waals surface area contributed by atoms with E-state index in [9.17, 15) is 8.24 Å². The van der Waals surface area contributed by atoms with E-state index in [1.54, 1.807) is 0 Å². The second-order valence-corrected chi connectivity index (χ2v) is 2.79. The predicted octanol–water partition coefficient (Wildman–Crippen LogP) is -0.683. The standard InChI is InChI=1S/Ni.H3O4P.2O.V/c;1-5(2,3)4;;;/h;(H3,1,2,3,4);;;/q;;;;+1/p-1. The van der Waals surface area contributed by atoms with Gasteiger partial charge >= 0.3 is 65.2 Å². The third kappa shape index (κ3) is 17.7. The second-order valence-electron chi connectivity index (χ2n) is 0.647. The van der Waals surface area contributed by atoms with Gasteiger partial charge in [-0.3, -0.25) is 0 Å². The topological polar surface area (TPSA) is 101 Å². The fraction of sp³-hybridized carbons (Fsp3) is 0. The molecule has 0 saturated heterocycles. The Kier molecular flexibility index (Phi) is 9.56. The van der Waals surface area contributed by atoms with Gasteiger partial charge in [-0.25, -0.2) is 0 Å². The third-order valence-electron chi connectivity index (χ3n) is 0.140. The Bertz CT molecular complexity index is 116. The van der Waals surface area contributed by atoms with E-state index in [2.05, 4.69) is 18.8 Å². The molecule has 0 rings (SSSR count). The van der Waals surface area contributed by atoms with Crippen LogP contribution in [0.3, 0.4) is 0 Å². The van der Waals surface area contributed by atoms with Gasteiger partial charge < -0.3 is 0 Å². The molecule has 6 nitrogen and oxygen atoms in total. The normalized spacial score (nSPS) is 9.33. The molecule has 0 unspecified atom stereocenters. The van der Waals surface area contributed by atoms with Gasteiger partial charge in [-0.2, -0.15) is 0 Å². The molecule has 0 aromatic heterocycles. The van der Waals surface area contributed by atoms with E-state index in [0.29, 0.717) is 0 Å². The fourth-order valence-electron chi connectivity index (χ4n) is 0.0434. The van der Waals surface area contributed by atoms with Gasteiger partial charge in [0.1, 0.15) is 0 Å². The van der Waals surface area contributed by atoms with Crippen LogP contribution >= 0.6 is 7.82 Å². The Labute approximate surface area is 65.4 Å². The molecule has 0 radical (unpaired) electrons. The zero-order valence-electron chi connectivity index (χ0n) is 3.74. The number of phosphoric acid groups is 1. The summed E-state index contributed by atoms with van der Waals surface area (Å²) in [5.74, 6) is 0. The molecule has 2 N–H and O–H groups in total. The van der Waals surface area contributed by atoms with Gasteiger partial charge in [-0.15, -0.1) is 0 Å². The van der Waals surface area contributed by atoms with Crippen LogP contribution in [-0.2, 0) is 47.6 Å². The van der Waals surface area contributed by atoms with Gasteiger partial charge in [0.15, 0.2) is 0 Å². The van der Waals surface area contributed by atoms with Crippen LogP contribution in [0.4, 0.5) is 0 Å². The van der Waals surface area contributed by atoms with E-state index in [1.165, 1.54) is 0 Å². The summed E-state index contributed by atoms with van der Waals surface area (Å²) in [5, 5.41) is 0. The van der Waals surface area contributed by atoms with Crippen LogP contribution in [0.15, 0.2) is 0 Å². The molecule has 0 aromatic carbocycles. The molecule has 9 heteroatoms. The summed E-state index contributed by atoms with van der Waals surface area (Å²) in [6.07, 6.45) is 0. The Balaban J connectivity index is 0. The summed E-state index contributed by atoms with van der Waals surface area (Å²) in [5.41, 5.74) is 0. The van der Waals surface area contributed by atoms with Crippen molar-refractivity contribution in [3.05, 3.63) is 0 Å². The van der Waals surface area contributed by atoms with E-state index < -0.39 is 24.4 Å². The molecule has 9 heavy (non-hydrogen) atoms. The quantitative estimate of drug-likeness (QED) is 0.488. The molecule has 0 aliphatic rings. The van der Waals surface area contributed by atoms with Crippen molar-refractivity contribution in [2.45, 2.75) is 0 Å². The molecule has 0 aliphatic carbocycles. The summed E-state index contributed by atoms with van der Waals surface area (Å²) in [6, 6.07) is 0. The van der Waals surface area contributed by atoms with Gasteiger partial charge in [0, 0.05) is 0 Å². The van der Waals surface area contributed by atoms with Crippen molar-refractivity contribution >= 4 is 7.82 Å². The van der Waals surface area contributed by atoms with Crippen LogP contribution in [0.5, 0.6) is 0 Å². The van der Waals surface area contributed by atoms with E-state index in [4.69, 9.17) is 13.7 Å². The van der Waals surface area contributed by atoms with Gasteiger partial charge in [0.2, 0.25) is 0 Å². The summed E-state index contributed by atoms with van der Waals surface area (Å²) >= 11 is 0.746. The first-order valence-corrected chi connectivity index (χ1v) is 4.33. The molecule has 0 bridgehead atoms. The van der Waals surface area contributed by atoms with Crippen molar-refractivity contribution in [2.75, 3.05) is 0 Å². The molecule has 0 amide bonds. The summed E-state index contributed by atoms with van der Waals surface area (Å²) in [6.45, 7) is 0. The van der Waals surface area contributed by atoms with Crippen LogP contribution < -0.4 is 0 Å². The van der Waals surface area contributed by atoms with Crippen LogP contribution in [0.2, 0.25) is 0 Å². The number of rotatable bonds is 2. The predicted molar refractivity (Wildman–Crippen MR) is 14.5 cm³/mol. The van der Waals surface area contributed by atoms with Crippen LogP contribution in [0.25, 0.3) is 0 Å². The molecule has 0 saturated carbocycles. The molecule has 0 atom stereocenters. The summed E-state index contributed by atoms with van der Waals surface area (Å²) < 4.78 is 30.2. The summed E-state index contributed by atoms with van der Waals surface area (Å²) in [4.78, 5) is 15.5. The van der Waals surface area contributed by atoms with Crippen molar-refractivity contribution in [3.8, 4) is 0 Å². The van der Waals surface area contributed by atoms with E-state index in [1.807, 2.05) is 0 Å². The van der Waals surface area contributed by atoms with Crippen molar-refractivity contribution in [2.24, 2.45) is 0 Å². The zero-order chi connectivity index (χ0) is 7.91. The first-order valence-electron chi connectivity index (χ1n) is 1.26. The first kappa shape index (κ1) is 12.5. The van der Waals surface area contributed by atoms with Crippen molar-refractivity contribution in [1.82, 2.24) is 0 Å². The zero-order valence-corrected chi connectivity index (χ0v) is 7.02. The van der Waals surface area contributed by atoms with E-state index in [-0.39, 0.29) is 0 Å². The Morgan fingerprint density at radius 3 is 1.78 bits per heavy atom. The van der Waals surface area contributed by atoms with Gasteiger partial charge in [-0.05, 0) is 0 Å². The minimum atomic E-state index is -4.44. The SMILES string of the molecule is [O]=[Ni].[O]=[V][O]P(=O)(O)O. The average Bonchev–Trinajstić information content (AvgIpc) is 1.69. The molecule has 0 spiro atoms. The summed E-state index contributed by atoms with van der Waals surface area (Å²) in [7, 11) is -4.44. The maximum absolute atomic E-state index is 9.53. The van der Waals surface area contributed by atoms with E-state index in [0.717, 1.165) is 0 Å². The molecular formula is H2NiO6PV. The monoisotopic (exact) mass is 238 g/mol. The molecular weight excluding hydrogens is 237 g/mol. The van der Waals surface area contributed by atoms with Crippen LogP contribution in [0, 0.1) is 0 Å². The van der Waals surface area contributed by atoms with E-state index >= 15 is 0 Å². The van der Waals surface area contributed by atoms with Crippen molar-refractivity contribution < 1.29 is 57.4 Å². The molecule has 58 valence electrons. The molecule has 0 heterocycles. The van der Waals surface area contributed by atoms with Gasteiger partial charge in [0.05, 0.1) is 0 Å². The van der Waals surface area contributed by atoms with Crippen LogP contribution in [-0.4, -0.2) is 9.79 Å². The Morgan fingerprint density at radius 2 is 1.78 bits per heavy atom. The molecule has 0 fully saturated rings. The minimum absolute atomic E-state index is 1.88. The Morgan fingerprint density at radius 1 is 1.44 bits per heavy atom. The maximum atomic E-state index is 9.53. The second kappa shape index (κ2) is 6.90. The Hall–Kier alpha value is 0.788. The number of hydrogen-bond donors (Lipinski definition) is 2. The average molecular weight is 239 g/mol. The van der Waals surface area contributed by atoms with Gasteiger partial charge in [-0.1, -0.05) is 0 Å². The fourth-order valence-corrected chi connectivity index (χ4v) is 0.537. The van der Waals surface area contributed by atoms with Crippen LogP contribution in [0.1, 0.15) is 0 Å². The third-order valence-corrected chi connectivity index (χ3v) is 1.73.